The number of ether oxygens (including phenoxy) is 3. The van der Waals surface area contributed by atoms with Crippen molar-refractivity contribution in [2.24, 2.45) is 0 Å². The standard InChI is InChI=1S/C22H27NO4/c1-14(2)26-19-9-7-6-8-17(19)21(24)23-18-13-22(3,4)27-20-12-15(25-5)10-11-16(18)20/h6-12,14,18H,13H2,1-5H3,(H,23,24). The number of rotatable bonds is 5. The highest BCUT2D eigenvalue weighted by Gasteiger charge is 2.35. The molecule has 1 atom stereocenters. The number of hydrogen-bond acceptors (Lipinski definition) is 4. The SMILES string of the molecule is COc1ccc2c(c1)OC(C)(C)CC2NC(=O)c1ccccc1OC(C)C. The molecular formula is C22H27NO4. The molecule has 1 amide bonds. The molecule has 0 aromatic heterocycles. The number of fused-ring (bicyclic) bond motifs is 1. The number of carbonyl (C=O) groups excluding carboxylic acids is 1. The lowest BCUT2D eigenvalue weighted by molar-refractivity contribution is 0.0616. The smallest absolute Gasteiger partial charge is 0.255 e. The van der Waals surface area contributed by atoms with Gasteiger partial charge in [0, 0.05) is 18.1 Å². The third-order valence-electron chi connectivity index (χ3n) is 4.48. The van der Waals surface area contributed by atoms with E-state index in [0.717, 1.165) is 17.1 Å². The van der Waals surface area contributed by atoms with E-state index in [1.807, 2.05) is 64.1 Å². The van der Waals surface area contributed by atoms with Gasteiger partial charge in [0.05, 0.1) is 24.8 Å². The summed E-state index contributed by atoms with van der Waals surface area (Å²) in [5.41, 5.74) is 1.09. The van der Waals surface area contributed by atoms with Crippen LogP contribution in [0.2, 0.25) is 0 Å². The largest absolute Gasteiger partial charge is 0.497 e. The molecule has 0 saturated carbocycles. The molecule has 0 bridgehead atoms. The zero-order valence-electron chi connectivity index (χ0n) is 16.5. The summed E-state index contributed by atoms with van der Waals surface area (Å²) in [6, 6.07) is 12.9. The van der Waals surface area contributed by atoms with Crippen LogP contribution in [0.25, 0.3) is 0 Å². The maximum Gasteiger partial charge on any atom is 0.255 e. The van der Waals surface area contributed by atoms with Crippen molar-refractivity contribution in [3.8, 4) is 17.2 Å². The maximum absolute atomic E-state index is 13.0. The van der Waals surface area contributed by atoms with Crippen LogP contribution in [0, 0.1) is 0 Å². The number of methoxy groups -OCH3 is 1. The molecule has 2 aromatic carbocycles. The first-order valence-electron chi connectivity index (χ1n) is 9.22. The topological polar surface area (TPSA) is 56.8 Å². The number of para-hydroxylation sites is 1. The Kier molecular flexibility index (Phi) is 5.31. The molecule has 1 unspecified atom stereocenters. The second-order valence-electron chi connectivity index (χ2n) is 7.66. The second kappa shape index (κ2) is 7.51. The van der Waals surface area contributed by atoms with Gasteiger partial charge in [0.15, 0.2) is 0 Å². The number of carbonyl (C=O) groups is 1. The number of amides is 1. The van der Waals surface area contributed by atoms with Crippen LogP contribution in [0.5, 0.6) is 17.2 Å². The Morgan fingerprint density at radius 1 is 1.22 bits per heavy atom. The molecule has 1 N–H and O–H groups in total. The lowest BCUT2D eigenvalue weighted by Crippen LogP contribution is -2.41. The molecule has 3 rings (SSSR count). The van der Waals surface area contributed by atoms with Gasteiger partial charge in [-0.1, -0.05) is 12.1 Å². The average molecular weight is 369 g/mol. The van der Waals surface area contributed by atoms with Crippen LogP contribution >= 0.6 is 0 Å². The quantitative estimate of drug-likeness (QED) is 0.842. The second-order valence-corrected chi connectivity index (χ2v) is 7.66. The highest BCUT2D eigenvalue weighted by atomic mass is 16.5. The van der Waals surface area contributed by atoms with Crippen molar-refractivity contribution in [1.82, 2.24) is 5.32 Å². The van der Waals surface area contributed by atoms with Crippen molar-refractivity contribution in [3.05, 3.63) is 53.6 Å². The van der Waals surface area contributed by atoms with Crippen LogP contribution in [-0.4, -0.2) is 24.7 Å². The van der Waals surface area contributed by atoms with E-state index in [-0.39, 0.29) is 18.1 Å². The van der Waals surface area contributed by atoms with Gasteiger partial charge in [-0.15, -0.1) is 0 Å². The molecule has 0 aliphatic carbocycles. The van der Waals surface area contributed by atoms with E-state index in [2.05, 4.69) is 5.32 Å². The van der Waals surface area contributed by atoms with Crippen molar-refractivity contribution in [3.63, 3.8) is 0 Å². The summed E-state index contributed by atoms with van der Waals surface area (Å²) in [6.07, 6.45) is 0.666. The Labute approximate surface area is 160 Å². The number of hydrogen-bond donors (Lipinski definition) is 1. The minimum absolute atomic E-state index is 0.00541. The molecular weight excluding hydrogens is 342 g/mol. The van der Waals surface area contributed by atoms with E-state index in [4.69, 9.17) is 14.2 Å². The Balaban J connectivity index is 1.89. The molecule has 2 aromatic rings. The lowest BCUT2D eigenvalue weighted by Gasteiger charge is -2.38. The Morgan fingerprint density at radius 2 is 1.96 bits per heavy atom. The summed E-state index contributed by atoms with van der Waals surface area (Å²) in [5.74, 6) is 1.90. The molecule has 1 aliphatic rings. The highest BCUT2D eigenvalue weighted by Crippen LogP contribution is 2.41. The molecule has 0 fully saturated rings. The van der Waals surface area contributed by atoms with Crippen molar-refractivity contribution in [1.29, 1.82) is 0 Å². The molecule has 144 valence electrons. The van der Waals surface area contributed by atoms with Crippen LogP contribution in [-0.2, 0) is 0 Å². The monoisotopic (exact) mass is 369 g/mol. The molecule has 0 saturated heterocycles. The van der Waals surface area contributed by atoms with Gasteiger partial charge in [-0.25, -0.2) is 0 Å². The minimum Gasteiger partial charge on any atom is -0.497 e. The first-order chi connectivity index (χ1) is 12.8. The van der Waals surface area contributed by atoms with E-state index >= 15 is 0 Å². The third kappa shape index (κ3) is 4.35. The summed E-state index contributed by atoms with van der Waals surface area (Å²) in [4.78, 5) is 13.0. The molecule has 0 radical (unpaired) electrons. The van der Waals surface area contributed by atoms with Gasteiger partial charge in [0.25, 0.3) is 5.91 Å². The van der Waals surface area contributed by atoms with Crippen LogP contribution in [0.4, 0.5) is 0 Å². The van der Waals surface area contributed by atoms with Crippen molar-refractivity contribution < 1.29 is 19.0 Å². The van der Waals surface area contributed by atoms with Crippen LogP contribution in [0.15, 0.2) is 42.5 Å². The van der Waals surface area contributed by atoms with E-state index < -0.39 is 5.60 Å². The van der Waals surface area contributed by atoms with Crippen LogP contribution < -0.4 is 19.5 Å². The Morgan fingerprint density at radius 3 is 2.67 bits per heavy atom. The van der Waals surface area contributed by atoms with Gasteiger partial charge in [-0.3, -0.25) is 4.79 Å². The fourth-order valence-electron chi connectivity index (χ4n) is 3.33. The van der Waals surface area contributed by atoms with Crippen LogP contribution in [0.1, 0.15) is 56.1 Å². The minimum atomic E-state index is -0.398. The average Bonchev–Trinajstić information content (AvgIpc) is 2.60. The molecule has 5 nitrogen and oxygen atoms in total. The zero-order valence-corrected chi connectivity index (χ0v) is 16.5. The molecule has 1 aliphatic heterocycles. The van der Waals surface area contributed by atoms with E-state index in [9.17, 15) is 4.79 Å². The van der Waals surface area contributed by atoms with E-state index in [1.165, 1.54) is 0 Å². The molecule has 1 heterocycles. The van der Waals surface area contributed by atoms with Gasteiger partial charge < -0.3 is 19.5 Å². The fourth-order valence-corrected chi connectivity index (χ4v) is 3.33. The third-order valence-corrected chi connectivity index (χ3v) is 4.48. The summed E-state index contributed by atoms with van der Waals surface area (Å²) in [7, 11) is 1.63. The molecule has 5 heteroatoms. The first kappa shape index (κ1) is 19.1. The van der Waals surface area contributed by atoms with E-state index in [1.54, 1.807) is 13.2 Å². The summed E-state index contributed by atoms with van der Waals surface area (Å²) >= 11 is 0. The van der Waals surface area contributed by atoms with E-state index in [0.29, 0.717) is 17.7 Å². The van der Waals surface area contributed by atoms with Crippen molar-refractivity contribution in [2.75, 3.05) is 7.11 Å². The summed E-state index contributed by atoms with van der Waals surface area (Å²) in [5, 5.41) is 3.16. The van der Waals surface area contributed by atoms with Gasteiger partial charge in [0.2, 0.25) is 0 Å². The summed E-state index contributed by atoms with van der Waals surface area (Å²) in [6.45, 7) is 7.92. The van der Waals surface area contributed by atoms with Crippen molar-refractivity contribution in [2.45, 2.75) is 51.9 Å². The summed E-state index contributed by atoms with van der Waals surface area (Å²) < 4.78 is 17.2. The predicted octanol–water partition coefficient (Wildman–Crippen LogP) is 4.51. The highest BCUT2D eigenvalue weighted by molar-refractivity contribution is 5.97. The molecule has 27 heavy (non-hydrogen) atoms. The Hall–Kier alpha value is -2.69. The first-order valence-corrected chi connectivity index (χ1v) is 9.22. The number of nitrogens with one attached hydrogen (secondary N) is 1. The van der Waals surface area contributed by atoms with Gasteiger partial charge >= 0.3 is 0 Å². The van der Waals surface area contributed by atoms with Gasteiger partial charge in [0.1, 0.15) is 22.8 Å². The van der Waals surface area contributed by atoms with Crippen molar-refractivity contribution >= 4 is 5.91 Å². The normalized spacial score (nSPS) is 17.6. The number of benzene rings is 2. The maximum atomic E-state index is 13.0. The molecule has 0 spiro atoms. The fraction of sp³-hybridized carbons (Fsp3) is 0.409. The predicted molar refractivity (Wildman–Crippen MR) is 105 cm³/mol. The Bertz CT molecular complexity index is 829. The van der Waals surface area contributed by atoms with Crippen LogP contribution in [0.3, 0.4) is 0 Å². The lowest BCUT2D eigenvalue weighted by atomic mass is 9.89. The zero-order chi connectivity index (χ0) is 19.6. The van der Waals surface area contributed by atoms with Gasteiger partial charge in [-0.05, 0) is 52.0 Å². The van der Waals surface area contributed by atoms with Gasteiger partial charge in [-0.2, -0.15) is 0 Å².